The van der Waals surface area contributed by atoms with Gasteiger partial charge in [0.15, 0.2) is 6.10 Å². The van der Waals surface area contributed by atoms with Crippen LogP contribution >= 0.6 is 0 Å². The molecule has 0 aliphatic heterocycles. The van der Waals surface area contributed by atoms with Gasteiger partial charge in [-0.15, -0.1) is 0 Å². The molecule has 0 aliphatic rings. The van der Waals surface area contributed by atoms with Crippen molar-refractivity contribution >= 4 is 17.9 Å². The zero-order chi connectivity index (χ0) is 50.0. The molecule has 0 amide bonds. The Balaban J connectivity index is 4.34. The Hall–Kier alpha value is -2.63. The third kappa shape index (κ3) is 56.2. The first kappa shape index (κ1) is 66.4. The standard InChI is InChI=1S/C63H114O6/c1-4-7-10-13-16-19-22-25-28-30-31-32-33-34-36-38-41-44-47-50-53-56-62(65)68-59-60(58-67-61(64)55-52-49-46-43-40-37-27-24-21-18-15-12-9-6-3)69-63(66)57-54-51-48-45-42-39-35-29-26-23-20-17-14-11-8-5-2/h15,18,22,24-25,27,30-31,60H,4-14,16-17,19-21,23,26,28-29,32-59H2,1-3H3/b18-15-,25-22-,27-24-,31-30-. The van der Waals surface area contributed by atoms with E-state index in [9.17, 15) is 14.4 Å². The van der Waals surface area contributed by atoms with Crippen molar-refractivity contribution in [3.05, 3.63) is 48.6 Å². The lowest BCUT2D eigenvalue weighted by atomic mass is 10.0. The van der Waals surface area contributed by atoms with E-state index in [0.29, 0.717) is 19.3 Å². The Morgan fingerprint density at radius 3 is 0.841 bits per heavy atom. The maximum atomic E-state index is 12.9. The fourth-order valence-corrected chi connectivity index (χ4v) is 8.73. The average molecular weight is 968 g/mol. The fraction of sp³-hybridized carbons (Fsp3) is 0.825. The van der Waals surface area contributed by atoms with E-state index >= 15 is 0 Å². The number of ether oxygens (including phenoxy) is 3. The second-order valence-electron chi connectivity index (χ2n) is 20.3. The highest BCUT2D eigenvalue weighted by Crippen LogP contribution is 2.16. The van der Waals surface area contributed by atoms with Crippen LogP contribution in [0.15, 0.2) is 48.6 Å². The van der Waals surface area contributed by atoms with Crippen molar-refractivity contribution in [1.29, 1.82) is 0 Å². The molecule has 6 nitrogen and oxygen atoms in total. The van der Waals surface area contributed by atoms with Crippen molar-refractivity contribution in [2.45, 2.75) is 322 Å². The summed E-state index contributed by atoms with van der Waals surface area (Å²) < 4.78 is 16.9. The SMILES string of the molecule is CCCC/C=C\C/C=C\CCCCCCCC(=O)OCC(COC(=O)CCCCCCCCCCC/C=C\C/C=C\CCCCCCC)OC(=O)CCCCCCCCCCCCCCCCCC. The van der Waals surface area contributed by atoms with Gasteiger partial charge in [0.2, 0.25) is 0 Å². The Morgan fingerprint density at radius 1 is 0.290 bits per heavy atom. The lowest BCUT2D eigenvalue weighted by molar-refractivity contribution is -0.167. The largest absolute Gasteiger partial charge is 0.462 e. The Kier molecular flexibility index (Phi) is 55.7. The lowest BCUT2D eigenvalue weighted by Crippen LogP contribution is -2.30. The van der Waals surface area contributed by atoms with Crippen LogP contribution in [0.2, 0.25) is 0 Å². The summed E-state index contributed by atoms with van der Waals surface area (Å²) in [5.41, 5.74) is 0. The summed E-state index contributed by atoms with van der Waals surface area (Å²) in [5.74, 6) is -0.878. The van der Waals surface area contributed by atoms with Gasteiger partial charge in [-0.2, -0.15) is 0 Å². The first-order valence-electron chi connectivity index (χ1n) is 30.1. The highest BCUT2D eigenvalue weighted by Gasteiger charge is 2.19. The highest BCUT2D eigenvalue weighted by molar-refractivity contribution is 5.71. The van der Waals surface area contributed by atoms with Gasteiger partial charge in [-0.05, 0) is 77.0 Å². The minimum Gasteiger partial charge on any atom is -0.462 e. The van der Waals surface area contributed by atoms with Crippen molar-refractivity contribution in [3.8, 4) is 0 Å². The second kappa shape index (κ2) is 57.9. The molecule has 0 saturated heterocycles. The minimum atomic E-state index is -0.778. The van der Waals surface area contributed by atoms with E-state index in [2.05, 4.69) is 69.4 Å². The molecule has 0 radical (unpaired) electrons. The van der Waals surface area contributed by atoms with Crippen molar-refractivity contribution < 1.29 is 28.6 Å². The molecule has 1 unspecified atom stereocenters. The third-order valence-corrected chi connectivity index (χ3v) is 13.3. The van der Waals surface area contributed by atoms with Crippen LogP contribution in [0.3, 0.4) is 0 Å². The van der Waals surface area contributed by atoms with Crippen LogP contribution in [0, 0.1) is 0 Å². The van der Waals surface area contributed by atoms with E-state index in [-0.39, 0.29) is 31.1 Å². The first-order chi connectivity index (χ1) is 34.0. The quantitative estimate of drug-likeness (QED) is 0.0262. The summed E-state index contributed by atoms with van der Waals surface area (Å²) in [6, 6.07) is 0. The summed E-state index contributed by atoms with van der Waals surface area (Å²) in [6.07, 6.45) is 71.0. The number of carbonyl (C=O) groups is 3. The summed E-state index contributed by atoms with van der Waals surface area (Å²) in [6.45, 7) is 6.62. The smallest absolute Gasteiger partial charge is 0.306 e. The van der Waals surface area contributed by atoms with Gasteiger partial charge in [0.25, 0.3) is 0 Å². The number of esters is 3. The maximum absolute atomic E-state index is 12.9. The number of hydrogen-bond acceptors (Lipinski definition) is 6. The van der Waals surface area contributed by atoms with E-state index in [0.717, 1.165) is 83.5 Å². The Morgan fingerprint density at radius 2 is 0.536 bits per heavy atom. The number of allylic oxidation sites excluding steroid dienone is 8. The Bertz CT molecular complexity index is 1200. The van der Waals surface area contributed by atoms with Crippen LogP contribution in [-0.2, 0) is 28.6 Å². The summed E-state index contributed by atoms with van der Waals surface area (Å²) in [5, 5.41) is 0. The maximum Gasteiger partial charge on any atom is 0.306 e. The normalized spacial score (nSPS) is 12.3. The van der Waals surface area contributed by atoms with E-state index in [1.807, 2.05) is 0 Å². The van der Waals surface area contributed by atoms with Crippen LogP contribution in [-0.4, -0.2) is 37.2 Å². The van der Waals surface area contributed by atoms with Gasteiger partial charge in [-0.3, -0.25) is 14.4 Å². The summed E-state index contributed by atoms with van der Waals surface area (Å²) in [4.78, 5) is 38.2. The summed E-state index contributed by atoms with van der Waals surface area (Å²) in [7, 11) is 0. The van der Waals surface area contributed by atoms with Gasteiger partial charge >= 0.3 is 17.9 Å². The monoisotopic (exact) mass is 967 g/mol. The molecular weight excluding hydrogens is 853 g/mol. The number of rotatable bonds is 55. The minimum absolute atomic E-state index is 0.0769. The van der Waals surface area contributed by atoms with Gasteiger partial charge in [-0.1, -0.05) is 268 Å². The number of unbranched alkanes of at least 4 members (excludes halogenated alkanes) is 36. The molecule has 402 valence electrons. The molecule has 0 N–H and O–H groups in total. The molecule has 1 atom stereocenters. The van der Waals surface area contributed by atoms with E-state index < -0.39 is 6.10 Å². The van der Waals surface area contributed by atoms with Crippen molar-refractivity contribution in [1.82, 2.24) is 0 Å². The molecule has 0 aromatic rings. The van der Waals surface area contributed by atoms with Crippen LogP contribution in [0.5, 0.6) is 0 Å². The zero-order valence-electron chi connectivity index (χ0n) is 46.1. The molecular formula is C63H114O6. The lowest BCUT2D eigenvalue weighted by Gasteiger charge is -2.18. The molecule has 0 fully saturated rings. The van der Waals surface area contributed by atoms with Crippen LogP contribution in [0.1, 0.15) is 316 Å². The van der Waals surface area contributed by atoms with E-state index in [1.165, 1.54) is 193 Å². The number of hydrogen-bond donors (Lipinski definition) is 0. The fourth-order valence-electron chi connectivity index (χ4n) is 8.73. The van der Waals surface area contributed by atoms with E-state index in [1.54, 1.807) is 0 Å². The van der Waals surface area contributed by atoms with Gasteiger partial charge in [-0.25, -0.2) is 0 Å². The third-order valence-electron chi connectivity index (χ3n) is 13.3. The molecule has 0 saturated carbocycles. The van der Waals surface area contributed by atoms with Gasteiger partial charge in [0.05, 0.1) is 0 Å². The molecule has 0 spiro atoms. The molecule has 69 heavy (non-hydrogen) atoms. The van der Waals surface area contributed by atoms with E-state index in [4.69, 9.17) is 14.2 Å². The molecule has 0 aromatic carbocycles. The van der Waals surface area contributed by atoms with Crippen molar-refractivity contribution in [2.75, 3.05) is 13.2 Å². The zero-order valence-corrected chi connectivity index (χ0v) is 46.1. The first-order valence-corrected chi connectivity index (χ1v) is 30.1. The topological polar surface area (TPSA) is 78.9 Å². The second-order valence-corrected chi connectivity index (χ2v) is 20.3. The van der Waals surface area contributed by atoms with Crippen molar-refractivity contribution in [3.63, 3.8) is 0 Å². The Labute approximate surface area is 428 Å². The molecule has 0 heterocycles. The molecule has 6 heteroatoms. The van der Waals surface area contributed by atoms with Gasteiger partial charge in [0.1, 0.15) is 13.2 Å². The van der Waals surface area contributed by atoms with Gasteiger partial charge in [0, 0.05) is 19.3 Å². The van der Waals surface area contributed by atoms with Crippen LogP contribution < -0.4 is 0 Å². The molecule has 0 aliphatic carbocycles. The van der Waals surface area contributed by atoms with Crippen LogP contribution in [0.4, 0.5) is 0 Å². The van der Waals surface area contributed by atoms with Gasteiger partial charge < -0.3 is 14.2 Å². The summed E-state index contributed by atoms with van der Waals surface area (Å²) >= 11 is 0. The highest BCUT2D eigenvalue weighted by atomic mass is 16.6. The molecule has 0 bridgehead atoms. The molecule has 0 aromatic heterocycles. The van der Waals surface area contributed by atoms with Crippen molar-refractivity contribution in [2.24, 2.45) is 0 Å². The molecule has 0 rings (SSSR count). The number of carbonyl (C=O) groups excluding carboxylic acids is 3. The average Bonchev–Trinajstić information content (AvgIpc) is 3.35. The predicted octanol–water partition coefficient (Wildman–Crippen LogP) is 20.2. The van der Waals surface area contributed by atoms with Crippen LogP contribution in [0.25, 0.3) is 0 Å². The predicted molar refractivity (Wildman–Crippen MR) is 298 cm³/mol.